The Hall–Kier alpha value is -2.97. The molecule has 2 aliphatic rings. The quantitative estimate of drug-likeness (QED) is 0.681. The number of anilines is 2. The van der Waals surface area contributed by atoms with Gasteiger partial charge in [-0.2, -0.15) is 0 Å². The van der Waals surface area contributed by atoms with Gasteiger partial charge < -0.3 is 19.7 Å². The Bertz CT molecular complexity index is 894. The van der Waals surface area contributed by atoms with E-state index in [9.17, 15) is 9.59 Å². The van der Waals surface area contributed by atoms with E-state index in [0.717, 1.165) is 30.0 Å². The van der Waals surface area contributed by atoms with E-state index in [1.165, 1.54) is 0 Å². The highest BCUT2D eigenvalue weighted by Gasteiger charge is 2.31. The molecule has 2 aromatic rings. The third-order valence-electron chi connectivity index (χ3n) is 5.88. The minimum absolute atomic E-state index is 0.0262. The molecule has 0 bridgehead atoms. The zero-order chi connectivity index (χ0) is 22.3. The number of benzene rings is 1. The van der Waals surface area contributed by atoms with Crippen LogP contribution in [-0.4, -0.2) is 67.2 Å². The van der Waals surface area contributed by atoms with Gasteiger partial charge in [0.15, 0.2) is 0 Å². The Morgan fingerprint density at radius 3 is 2.47 bits per heavy atom. The number of nitrogens with one attached hydrogen (secondary N) is 1. The Morgan fingerprint density at radius 2 is 1.88 bits per heavy atom. The molecule has 0 spiro atoms. The highest BCUT2D eigenvalue weighted by Crippen LogP contribution is 2.30. The monoisotopic (exact) mass is 438 g/mol. The van der Waals surface area contributed by atoms with Crippen molar-refractivity contribution >= 4 is 23.2 Å². The van der Waals surface area contributed by atoms with Crippen LogP contribution < -0.4 is 15.0 Å². The summed E-state index contributed by atoms with van der Waals surface area (Å²) in [4.78, 5) is 32.9. The van der Waals surface area contributed by atoms with Gasteiger partial charge in [-0.15, -0.1) is 0 Å². The molecule has 8 nitrogen and oxygen atoms in total. The highest BCUT2D eigenvalue weighted by atomic mass is 16.5. The van der Waals surface area contributed by atoms with Gasteiger partial charge in [0.05, 0.1) is 17.8 Å². The van der Waals surface area contributed by atoms with Crippen LogP contribution >= 0.6 is 0 Å². The topological polar surface area (TPSA) is 84.0 Å². The molecule has 2 saturated heterocycles. The fourth-order valence-corrected chi connectivity index (χ4v) is 3.91. The molecule has 0 atom stereocenters. The number of hydrogen-bond donors (Lipinski definition) is 1. The van der Waals surface area contributed by atoms with E-state index in [4.69, 9.17) is 9.47 Å². The second-order valence-corrected chi connectivity index (χ2v) is 8.07. The number of piperidine rings is 1. The second kappa shape index (κ2) is 10.6. The molecular weight excluding hydrogens is 408 g/mol. The van der Waals surface area contributed by atoms with Gasteiger partial charge in [-0.3, -0.25) is 19.5 Å². The molecule has 0 saturated carbocycles. The molecule has 0 unspecified atom stereocenters. The average Bonchev–Trinajstić information content (AvgIpc) is 2.79. The van der Waals surface area contributed by atoms with Crippen LogP contribution in [0.25, 0.3) is 0 Å². The van der Waals surface area contributed by atoms with Crippen molar-refractivity contribution in [3.8, 4) is 5.75 Å². The van der Waals surface area contributed by atoms with E-state index in [1.54, 1.807) is 17.3 Å². The van der Waals surface area contributed by atoms with Crippen molar-refractivity contribution < 1.29 is 19.1 Å². The second-order valence-electron chi connectivity index (χ2n) is 8.07. The number of pyridine rings is 1. The highest BCUT2D eigenvalue weighted by molar-refractivity contribution is 6.02. The van der Waals surface area contributed by atoms with Crippen LogP contribution in [-0.2, 0) is 14.3 Å². The molecule has 170 valence electrons. The summed E-state index contributed by atoms with van der Waals surface area (Å²) >= 11 is 0. The first-order chi connectivity index (χ1) is 15.7. The summed E-state index contributed by atoms with van der Waals surface area (Å²) in [6.07, 6.45) is 5.04. The number of amides is 2. The van der Waals surface area contributed by atoms with Crippen molar-refractivity contribution in [1.29, 1.82) is 0 Å². The number of rotatable bonds is 8. The largest absolute Gasteiger partial charge is 0.490 e. The molecule has 2 aliphatic heterocycles. The van der Waals surface area contributed by atoms with Gasteiger partial charge in [-0.25, -0.2) is 0 Å². The molecule has 1 N–H and O–H groups in total. The van der Waals surface area contributed by atoms with Crippen molar-refractivity contribution in [3.05, 3.63) is 48.8 Å². The van der Waals surface area contributed by atoms with Crippen molar-refractivity contribution in [2.24, 2.45) is 5.92 Å². The van der Waals surface area contributed by atoms with E-state index >= 15 is 0 Å². The van der Waals surface area contributed by atoms with Gasteiger partial charge in [0, 0.05) is 57.5 Å². The zero-order valence-electron chi connectivity index (χ0n) is 18.4. The van der Waals surface area contributed by atoms with Crippen LogP contribution in [0.2, 0.25) is 0 Å². The minimum atomic E-state index is -0.0262. The summed E-state index contributed by atoms with van der Waals surface area (Å²) in [7, 11) is 0. The lowest BCUT2D eigenvalue weighted by Gasteiger charge is -2.33. The summed E-state index contributed by atoms with van der Waals surface area (Å²) in [5.41, 5.74) is 1.54. The smallest absolute Gasteiger partial charge is 0.248 e. The molecule has 0 radical (unpaired) electrons. The van der Waals surface area contributed by atoms with Crippen molar-refractivity contribution in [1.82, 2.24) is 15.2 Å². The Kier molecular flexibility index (Phi) is 7.34. The molecule has 1 aromatic carbocycles. The van der Waals surface area contributed by atoms with Crippen LogP contribution in [0.5, 0.6) is 5.75 Å². The van der Waals surface area contributed by atoms with Gasteiger partial charge in [-0.05, 0) is 43.3 Å². The molecular formula is C24H30N4O4. The number of ether oxygens (including phenoxy) is 2. The van der Waals surface area contributed by atoms with E-state index in [2.05, 4.69) is 10.3 Å². The third-order valence-corrected chi connectivity index (χ3v) is 5.88. The SMILES string of the molecule is CCOCC(=O)N1CCC(Oc2ccc(N(C(=O)C3CNC3)c3cccnc3)cc2)CC1. The number of carbonyl (C=O) groups is 2. The molecule has 0 aliphatic carbocycles. The maximum Gasteiger partial charge on any atom is 0.248 e. The molecule has 2 fully saturated rings. The summed E-state index contributed by atoms with van der Waals surface area (Å²) < 4.78 is 11.4. The first kappa shape index (κ1) is 22.2. The molecule has 32 heavy (non-hydrogen) atoms. The summed E-state index contributed by atoms with van der Waals surface area (Å²) in [6, 6.07) is 11.3. The van der Waals surface area contributed by atoms with E-state index < -0.39 is 0 Å². The van der Waals surface area contributed by atoms with Crippen molar-refractivity contribution in [2.75, 3.05) is 44.3 Å². The first-order valence-electron chi connectivity index (χ1n) is 11.2. The lowest BCUT2D eigenvalue weighted by atomic mass is 10.0. The zero-order valence-corrected chi connectivity index (χ0v) is 18.4. The van der Waals surface area contributed by atoms with Crippen molar-refractivity contribution in [2.45, 2.75) is 25.9 Å². The van der Waals surface area contributed by atoms with Gasteiger partial charge >= 0.3 is 0 Å². The Labute approximate surface area is 188 Å². The van der Waals surface area contributed by atoms with Crippen LogP contribution in [0.3, 0.4) is 0 Å². The standard InChI is InChI=1S/C24H30N4O4/c1-2-31-17-23(29)27-12-9-22(10-13-27)32-21-7-5-19(6-8-21)28(20-4-3-11-25-16-20)24(30)18-14-26-15-18/h3-8,11,16,18,22,26H,2,9-10,12-15,17H2,1H3. The summed E-state index contributed by atoms with van der Waals surface area (Å²) in [6.45, 7) is 5.32. The number of likely N-dealkylation sites (tertiary alicyclic amines) is 1. The Morgan fingerprint density at radius 1 is 1.12 bits per heavy atom. The molecule has 3 heterocycles. The number of carbonyl (C=O) groups excluding carboxylic acids is 2. The fraction of sp³-hybridized carbons (Fsp3) is 0.458. The van der Waals surface area contributed by atoms with Gasteiger partial charge in [0.1, 0.15) is 18.5 Å². The van der Waals surface area contributed by atoms with Crippen LogP contribution in [0.4, 0.5) is 11.4 Å². The third kappa shape index (κ3) is 5.26. The van der Waals surface area contributed by atoms with E-state index in [-0.39, 0.29) is 30.4 Å². The maximum atomic E-state index is 13.1. The minimum Gasteiger partial charge on any atom is -0.490 e. The van der Waals surface area contributed by atoms with Crippen molar-refractivity contribution in [3.63, 3.8) is 0 Å². The average molecular weight is 439 g/mol. The van der Waals surface area contributed by atoms with E-state index in [1.807, 2.05) is 48.2 Å². The maximum absolute atomic E-state index is 13.1. The van der Waals surface area contributed by atoms with Crippen LogP contribution in [0, 0.1) is 5.92 Å². The number of aromatic nitrogens is 1. The molecule has 4 rings (SSSR count). The fourth-order valence-electron chi connectivity index (χ4n) is 3.91. The lowest BCUT2D eigenvalue weighted by molar-refractivity contribution is -0.137. The van der Waals surface area contributed by atoms with Crippen LogP contribution in [0.1, 0.15) is 19.8 Å². The summed E-state index contributed by atoms with van der Waals surface area (Å²) in [5, 5.41) is 3.16. The number of hydrogen-bond acceptors (Lipinski definition) is 6. The van der Waals surface area contributed by atoms with E-state index in [0.29, 0.717) is 32.8 Å². The predicted octanol–water partition coefficient (Wildman–Crippen LogP) is 2.37. The predicted molar refractivity (Wildman–Crippen MR) is 121 cm³/mol. The Balaban J connectivity index is 1.38. The van der Waals surface area contributed by atoms with Gasteiger partial charge in [0.2, 0.25) is 11.8 Å². The molecule has 2 amide bonds. The summed E-state index contributed by atoms with van der Waals surface area (Å²) in [5.74, 6) is 0.837. The first-order valence-corrected chi connectivity index (χ1v) is 11.2. The molecule has 8 heteroatoms. The van der Waals surface area contributed by atoms with Gasteiger partial charge in [-0.1, -0.05) is 0 Å². The molecule has 1 aromatic heterocycles. The number of nitrogens with zero attached hydrogens (tertiary/aromatic N) is 3. The van der Waals surface area contributed by atoms with Gasteiger partial charge in [0.25, 0.3) is 0 Å². The lowest BCUT2D eigenvalue weighted by Crippen LogP contribution is -2.51. The van der Waals surface area contributed by atoms with Crippen LogP contribution in [0.15, 0.2) is 48.8 Å². The normalized spacial score (nSPS) is 17.0.